The summed E-state index contributed by atoms with van der Waals surface area (Å²) in [7, 11) is 0. The number of para-hydroxylation sites is 1. The number of rotatable bonds is 3. The summed E-state index contributed by atoms with van der Waals surface area (Å²) in [6.07, 6.45) is 0. The molecule has 0 aliphatic rings. The van der Waals surface area contributed by atoms with Crippen molar-refractivity contribution in [1.29, 1.82) is 0 Å². The van der Waals surface area contributed by atoms with Crippen molar-refractivity contribution in [2.24, 2.45) is 0 Å². The minimum atomic E-state index is -0.0640. The maximum absolute atomic E-state index is 9.23. The Morgan fingerprint density at radius 2 is 1.89 bits per heavy atom. The van der Waals surface area contributed by atoms with Crippen LogP contribution in [-0.4, -0.2) is 19.7 Å². The number of nitrogens with zero attached hydrogens (tertiary/aromatic N) is 3. The molecule has 0 aliphatic carbocycles. The van der Waals surface area contributed by atoms with Crippen LogP contribution in [0.2, 0.25) is 0 Å². The SMILES string of the molecule is OCc1cccc2nc(Nc3ccccc3)nn12. The van der Waals surface area contributed by atoms with Crippen molar-refractivity contribution in [2.45, 2.75) is 6.61 Å². The van der Waals surface area contributed by atoms with Crippen LogP contribution in [0.25, 0.3) is 5.65 Å². The van der Waals surface area contributed by atoms with Gasteiger partial charge in [-0.1, -0.05) is 24.3 Å². The van der Waals surface area contributed by atoms with E-state index in [-0.39, 0.29) is 6.61 Å². The summed E-state index contributed by atoms with van der Waals surface area (Å²) in [5, 5.41) is 16.7. The predicted molar refractivity (Wildman–Crippen MR) is 68.6 cm³/mol. The van der Waals surface area contributed by atoms with E-state index >= 15 is 0 Å². The summed E-state index contributed by atoms with van der Waals surface area (Å²) in [5.41, 5.74) is 2.35. The molecular formula is C13H12N4O. The molecule has 5 heteroatoms. The Hall–Kier alpha value is -2.40. The van der Waals surface area contributed by atoms with Gasteiger partial charge in [-0.2, -0.15) is 4.98 Å². The zero-order chi connectivity index (χ0) is 12.4. The summed E-state index contributed by atoms with van der Waals surface area (Å²) in [4.78, 5) is 4.35. The predicted octanol–water partition coefficient (Wildman–Crippen LogP) is 1.97. The van der Waals surface area contributed by atoms with Crippen molar-refractivity contribution >= 4 is 17.3 Å². The molecule has 3 aromatic rings. The summed E-state index contributed by atoms with van der Waals surface area (Å²) in [5.74, 6) is 0.516. The molecule has 90 valence electrons. The van der Waals surface area contributed by atoms with Gasteiger partial charge in [-0.3, -0.25) is 0 Å². The lowest BCUT2D eigenvalue weighted by atomic mass is 10.3. The second-order valence-corrected chi connectivity index (χ2v) is 3.87. The molecule has 5 nitrogen and oxygen atoms in total. The Balaban J connectivity index is 1.99. The second-order valence-electron chi connectivity index (χ2n) is 3.87. The normalized spacial score (nSPS) is 10.7. The van der Waals surface area contributed by atoms with Crippen LogP contribution in [0.15, 0.2) is 48.5 Å². The molecule has 2 aromatic heterocycles. The zero-order valence-corrected chi connectivity index (χ0v) is 9.61. The largest absolute Gasteiger partial charge is 0.390 e. The van der Waals surface area contributed by atoms with E-state index in [1.807, 2.05) is 48.5 Å². The van der Waals surface area contributed by atoms with Crippen LogP contribution in [-0.2, 0) is 6.61 Å². The molecule has 1 aromatic carbocycles. The monoisotopic (exact) mass is 240 g/mol. The number of benzene rings is 1. The fourth-order valence-corrected chi connectivity index (χ4v) is 1.78. The fourth-order valence-electron chi connectivity index (χ4n) is 1.78. The minimum absolute atomic E-state index is 0.0640. The lowest BCUT2D eigenvalue weighted by molar-refractivity contribution is 0.273. The number of nitrogens with one attached hydrogen (secondary N) is 1. The van der Waals surface area contributed by atoms with E-state index < -0.39 is 0 Å². The Kier molecular flexibility index (Phi) is 2.66. The molecule has 0 amide bonds. The van der Waals surface area contributed by atoms with Crippen LogP contribution in [0, 0.1) is 0 Å². The van der Waals surface area contributed by atoms with Gasteiger partial charge in [-0.25, -0.2) is 4.52 Å². The van der Waals surface area contributed by atoms with E-state index in [1.165, 1.54) is 0 Å². The quantitative estimate of drug-likeness (QED) is 0.734. The van der Waals surface area contributed by atoms with Gasteiger partial charge in [0.1, 0.15) is 0 Å². The number of fused-ring (bicyclic) bond motifs is 1. The number of pyridine rings is 1. The van der Waals surface area contributed by atoms with E-state index in [9.17, 15) is 5.11 Å². The van der Waals surface area contributed by atoms with Gasteiger partial charge in [0.05, 0.1) is 12.3 Å². The molecular weight excluding hydrogens is 228 g/mol. The first-order valence-corrected chi connectivity index (χ1v) is 5.64. The number of aromatic nitrogens is 3. The molecule has 0 radical (unpaired) electrons. The van der Waals surface area contributed by atoms with E-state index in [2.05, 4.69) is 15.4 Å². The first-order chi connectivity index (χ1) is 8.86. The standard InChI is InChI=1S/C13H12N4O/c18-9-11-7-4-8-12-15-13(16-17(11)12)14-10-5-2-1-3-6-10/h1-8,18H,9H2,(H,14,16). The first-order valence-electron chi connectivity index (χ1n) is 5.64. The van der Waals surface area contributed by atoms with Gasteiger partial charge < -0.3 is 10.4 Å². The third-order valence-corrected chi connectivity index (χ3v) is 2.63. The van der Waals surface area contributed by atoms with Crippen molar-refractivity contribution in [2.75, 3.05) is 5.32 Å². The maximum Gasteiger partial charge on any atom is 0.247 e. The molecule has 0 saturated carbocycles. The van der Waals surface area contributed by atoms with Crippen LogP contribution in [0.1, 0.15) is 5.69 Å². The average Bonchev–Trinajstić information content (AvgIpc) is 2.82. The molecule has 18 heavy (non-hydrogen) atoms. The lowest BCUT2D eigenvalue weighted by Gasteiger charge is -1.99. The average molecular weight is 240 g/mol. The molecule has 2 N–H and O–H groups in total. The van der Waals surface area contributed by atoms with Crippen molar-refractivity contribution in [3.8, 4) is 0 Å². The van der Waals surface area contributed by atoms with Crippen LogP contribution in [0.5, 0.6) is 0 Å². The van der Waals surface area contributed by atoms with E-state index in [1.54, 1.807) is 4.52 Å². The maximum atomic E-state index is 9.23. The molecule has 0 spiro atoms. The van der Waals surface area contributed by atoms with Gasteiger partial charge in [0.25, 0.3) is 0 Å². The summed E-state index contributed by atoms with van der Waals surface area (Å²) < 4.78 is 1.63. The Bertz CT molecular complexity index is 663. The van der Waals surface area contributed by atoms with E-state index in [0.717, 1.165) is 5.69 Å². The highest BCUT2D eigenvalue weighted by Gasteiger charge is 2.06. The third kappa shape index (κ3) is 1.91. The molecule has 0 saturated heterocycles. The van der Waals surface area contributed by atoms with Gasteiger partial charge in [-0.15, -0.1) is 5.10 Å². The molecule has 0 bridgehead atoms. The van der Waals surface area contributed by atoms with Gasteiger partial charge in [0.2, 0.25) is 5.95 Å². The van der Waals surface area contributed by atoms with E-state index in [4.69, 9.17) is 0 Å². The van der Waals surface area contributed by atoms with Crippen LogP contribution >= 0.6 is 0 Å². The van der Waals surface area contributed by atoms with E-state index in [0.29, 0.717) is 17.3 Å². The molecule has 0 unspecified atom stereocenters. The van der Waals surface area contributed by atoms with Gasteiger partial charge in [-0.05, 0) is 24.3 Å². The number of anilines is 2. The fraction of sp³-hybridized carbons (Fsp3) is 0.0769. The van der Waals surface area contributed by atoms with Crippen molar-refractivity contribution in [3.63, 3.8) is 0 Å². The summed E-state index contributed by atoms with van der Waals surface area (Å²) in [6, 6.07) is 15.2. The van der Waals surface area contributed by atoms with Gasteiger partial charge in [0, 0.05) is 5.69 Å². The first kappa shape index (κ1) is 10.7. The van der Waals surface area contributed by atoms with Crippen molar-refractivity contribution < 1.29 is 5.11 Å². The third-order valence-electron chi connectivity index (χ3n) is 2.63. The lowest BCUT2D eigenvalue weighted by Crippen LogP contribution is -1.98. The molecule has 0 atom stereocenters. The van der Waals surface area contributed by atoms with Crippen LogP contribution in [0.4, 0.5) is 11.6 Å². The van der Waals surface area contributed by atoms with Crippen molar-refractivity contribution in [3.05, 3.63) is 54.2 Å². The highest BCUT2D eigenvalue weighted by Crippen LogP contribution is 2.14. The Morgan fingerprint density at radius 1 is 1.06 bits per heavy atom. The molecule has 0 aliphatic heterocycles. The molecule has 3 rings (SSSR count). The van der Waals surface area contributed by atoms with Gasteiger partial charge in [0.15, 0.2) is 5.65 Å². The highest BCUT2D eigenvalue weighted by atomic mass is 16.3. The van der Waals surface area contributed by atoms with Crippen molar-refractivity contribution in [1.82, 2.24) is 14.6 Å². The number of hydrogen-bond donors (Lipinski definition) is 2. The van der Waals surface area contributed by atoms with Crippen LogP contribution < -0.4 is 5.32 Å². The highest BCUT2D eigenvalue weighted by molar-refractivity contribution is 5.55. The number of aliphatic hydroxyl groups excluding tert-OH is 1. The molecule has 0 fully saturated rings. The van der Waals surface area contributed by atoms with Crippen LogP contribution in [0.3, 0.4) is 0 Å². The number of hydrogen-bond acceptors (Lipinski definition) is 4. The van der Waals surface area contributed by atoms with Gasteiger partial charge >= 0.3 is 0 Å². The minimum Gasteiger partial charge on any atom is -0.390 e. The number of aliphatic hydroxyl groups is 1. The Morgan fingerprint density at radius 3 is 2.67 bits per heavy atom. The molecule has 2 heterocycles. The summed E-state index contributed by atoms with van der Waals surface area (Å²) >= 11 is 0. The Labute approximate surface area is 104 Å². The summed E-state index contributed by atoms with van der Waals surface area (Å²) in [6.45, 7) is -0.0640. The second kappa shape index (κ2) is 4.46. The zero-order valence-electron chi connectivity index (χ0n) is 9.61. The smallest absolute Gasteiger partial charge is 0.247 e. The topological polar surface area (TPSA) is 62.5 Å².